The number of fused-ring (bicyclic) bond motifs is 3. The third kappa shape index (κ3) is 1.14. The molecule has 0 amide bonds. The van der Waals surface area contributed by atoms with E-state index >= 15 is 0 Å². The van der Waals surface area contributed by atoms with Gasteiger partial charge < -0.3 is 10.2 Å². The number of nitrogens with one attached hydrogen (secondary N) is 1. The van der Waals surface area contributed by atoms with Crippen molar-refractivity contribution in [1.29, 1.82) is 0 Å². The lowest BCUT2D eigenvalue weighted by Gasteiger charge is -2.23. The Kier molecular flexibility index (Phi) is 1.72. The summed E-state index contributed by atoms with van der Waals surface area (Å²) in [5, 5.41) is 8.02. The molecule has 0 aliphatic carbocycles. The molecule has 13 heavy (non-hydrogen) atoms. The monoisotopic (exact) mass is 194 g/mol. The van der Waals surface area contributed by atoms with E-state index in [2.05, 4.69) is 21.0 Å². The Bertz CT molecular complexity index is 308. The minimum absolute atomic E-state index is 0.809. The fourth-order valence-corrected chi connectivity index (χ4v) is 3.27. The van der Waals surface area contributed by atoms with Crippen LogP contribution in [0.5, 0.6) is 0 Å². The molecule has 3 heteroatoms. The van der Waals surface area contributed by atoms with Crippen LogP contribution in [-0.2, 0) is 0 Å². The average Bonchev–Trinajstić information content (AvgIpc) is 2.72. The Balaban J connectivity index is 2.02. The number of anilines is 2. The zero-order valence-corrected chi connectivity index (χ0v) is 8.44. The van der Waals surface area contributed by atoms with Gasteiger partial charge in [0.25, 0.3) is 0 Å². The van der Waals surface area contributed by atoms with Gasteiger partial charge in [-0.3, -0.25) is 0 Å². The standard InChI is InChI=1S/C10H14N2S/c1-2-8-3-4-11-9-6-13-7-10(9)12(8)5-1/h6-8,11H,1-5H2. The predicted molar refractivity (Wildman–Crippen MR) is 57.8 cm³/mol. The Morgan fingerprint density at radius 1 is 1.38 bits per heavy atom. The Labute approximate surface area is 82.6 Å². The first-order valence-corrected chi connectivity index (χ1v) is 5.96. The van der Waals surface area contributed by atoms with E-state index in [0.29, 0.717) is 0 Å². The van der Waals surface area contributed by atoms with Gasteiger partial charge in [0.1, 0.15) is 0 Å². The fraction of sp³-hybridized carbons (Fsp3) is 0.600. The Morgan fingerprint density at radius 3 is 3.38 bits per heavy atom. The molecule has 0 bridgehead atoms. The van der Waals surface area contributed by atoms with E-state index in [1.165, 1.54) is 37.2 Å². The van der Waals surface area contributed by atoms with Crippen molar-refractivity contribution in [3.8, 4) is 0 Å². The highest BCUT2D eigenvalue weighted by molar-refractivity contribution is 7.09. The molecule has 3 rings (SSSR count). The normalized spacial score (nSPS) is 26.2. The van der Waals surface area contributed by atoms with Crippen LogP contribution in [0.4, 0.5) is 11.4 Å². The third-order valence-electron chi connectivity index (χ3n) is 3.12. The first kappa shape index (κ1) is 7.68. The maximum absolute atomic E-state index is 3.50. The summed E-state index contributed by atoms with van der Waals surface area (Å²) >= 11 is 1.81. The van der Waals surface area contributed by atoms with Gasteiger partial charge in [-0.1, -0.05) is 0 Å². The molecule has 0 saturated carbocycles. The van der Waals surface area contributed by atoms with Crippen molar-refractivity contribution in [3.05, 3.63) is 10.8 Å². The Hall–Kier alpha value is -0.700. The molecule has 0 aromatic carbocycles. The smallest absolute Gasteiger partial charge is 0.0713 e. The molecule has 0 radical (unpaired) electrons. The maximum atomic E-state index is 3.50. The van der Waals surface area contributed by atoms with Crippen molar-refractivity contribution in [1.82, 2.24) is 0 Å². The zero-order valence-electron chi connectivity index (χ0n) is 7.62. The number of thiophene rings is 1. The van der Waals surface area contributed by atoms with Gasteiger partial charge >= 0.3 is 0 Å². The summed E-state index contributed by atoms with van der Waals surface area (Å²) in [6.07, 6.45) is 4.07. The lowest BCUT2D eigenvalue weighted by molar-refractivity contribution is 0.638. The third-order valence-corrected chi connectivity index (χ3v) is 3.85. The summed E-state index contributed by atoms with van der Waals surface area (Å²) in [4.78, 5) is 2.59. The summed E-state index contributed by atoms with van der Waals surface area (Å²) in [5.41, 5.74) is 2.81. The van der Waals surface area contributed by atoms with Gasteiger partial charge in [0, 0.05) is 29.9 Å². The summed E-state index contributed by atoms with van der Waals surface area (Å²) in [6, 6.07) is 0.809. The van der Waals surface area contributed by atoms with Gasteiger partial charge in [-0.2, -0.15) is 0 Å². The molecule has 1 fully saturated rings. The molecule has 1 unspecified atom stereocenters. The quantitative estimate of drug-likeness (QED) is 0.682. The number of rotatable bonds is 0. The molecule has 2 aliphatic heterocycles. The van der Waals surface area contributed by atoms with Crippen molar-refractivity contribution < 1.29 is 0 Å². The van der Waals surface area contributed by atoms with Gasteiger partial charge in [0.2, 0.25) is 0 Å². The summed E-state index contributed by atoms with van der Waals surface area (Å²) < 4.78 is 0. The first-order valence-electron chi connectivity index (χ1n) is 5.02. The number of nitrogens with zero attached hydrogens (tertiary/aromatic N) is 1. The fourth-order valence-electron chi connectivity index (χ4n) is 2.47. The molecule has 1 aromatic rings. The van der Waals surface area contributed by atoms with Crippen LogP contribution in [0.25, 0.3) is 0 Å². The van der Waals surface area contributed by atoms with Crippen LogP contribution in [0, 0.1) is 0 Å². The zero-order chi connectivity index (χ0) is 8.67. The van der Waals surface area contributed by atoms with E-state index in [0.717, 1.165) is 12.6 Å². The highest BCUT2D eigenvalue weighted by Crippen LogP contribution is 2.37. The van der Waals surface area contributed by atoms with Crippen LogP contribution in [0.1, 0.15) is 19.3 Å². The van der Waals surface area contributed by atoms with Gasteiger partial charge in [0.05, 0.1) is 11.4 Å². The molecule has 1 saturated heterocycles. The second kappa shape index (κ2) is 2.91. The number of hydrogen-bond donors (Lipinski definition) is 1. The minimum atomic E-state index is 0.809. The predicted octanol–water partition coefficient (Wildman–Crippen LogP) is 2.53. The number of hydrogen-bond acceptors (Lipinski definition) is 3. The average molecular weight is 194 g/mol. The van der Waals surface area contributed by atoms with Crippen molar-refractivity contribution in [2.24, 2.45) is 0 Å². The molecule has 2 aliphatic rings. The summed E-state index contributed by atoms with van der Waals surface area (Å²) in [7, 11) is 0. The van der Waals surface area contributed by atoms with Crippen LogP contribution in [0.15, 0.2) is 10.8 Å². The van der Waals surface area contributed by atoms with Crippen molar-refractivity contribution in [3.63, 3.8) is 0 Å². The van der Waals surface area contributed by atoms with Crippen molar-refractivity contribution >= 4 is 22.7 Å². The summed E-state index contributed by atoms with van der Waals surface area (Å²) in [6.45, 7) is 2.40. The summed E-state index contributed by atoms with van der Waals surface area (Å²) in [5.74, 6) is 0. The van der Waals surface area contributed by atoms with Crippen LogP contribution in [-0.4, -0.2) is 19.1 Å². The molecule has 3 heterocycles. The lowest BCUT2D eigenvalue weighted by Crippen LogP contribution is -2.28. The van der Waals surface area contributed by atoms with E-state index in [1.54, 1.807) is 0 Å². The van der Waals surface area contributed by atoms with Gasteiger partial charge in [-0.05, 0) is 19.3 Å². The second-order valence-electron chi connectivity index (χ2n) is 3.88. The molecule has 0 spiro atoms. The topological polar surface area (TPSA) is 15.3 Å². The molecule has 1 N–H and O–H groups in total. The lowest BCUT2D eigenvalue weighted by atomic mass is 10.1. The molecular formula is C10H14N2S. The minimum Gasteiger partial charge on any atom is -0.383 e. The first-order chi connectivity index (χ1) is 6.45. The van der Waals surface area contributed by atoms with Gasteiger partial charge in [0.15, 0.2) is 0 Å². The van der Waals surface area contributed by atoms with Gasteiger partial charge in [-0.25, -0.2) is 0 Å². The van der Waals surface area contributed by atoms with Crippen LogP contribution in [0.2, 0.25) is 0 Å². The molecule has 1 atom stereocenters. The van der Waals surface area contributed by atoms with E-state index in [-0.39, 0.29) is 0 Å². The molecule has 1 aromatic heterocycles. The van der Waals surface area contributed by atoms with Crippen LogP contribution in [0.3, 0.4) is 0 Å². The van der Waals surface area contributed by atoms with Gasteiger partial charge in [-0.15, -0.1) is 11.3 Å². The van der Waals surface area contributed by atoms with E-state index in [4.69, 9.17) is 0 Å². The second-order valence-corrected chi connectivity index (χ2v) is 4.62. The molecule has 2 nitrogen and oxygen atoms in total. The molecular weight excluding hydrogens is 180 g/mol. The highest BCUT2D eigenvalue weighted by Gasteiger charge is 2.28. The largest absolute Gasteiger partial charge is 0.383 e. The van der Waals surface area contributed by atoms with E-state index in [1.807, 2.05) is 11.3 Å². The Morgan fingerprint density at radius 2 is 2.38 bits per heavy atom. The maximum Gasteiger partial charge on any atom is 0.0713 e. The van der Waals surface area contributed by atoms with E-state index in [9.17, 15) is 0 Å². The SMILES string of the molecule is c1scc2c1NCCC1CCCN21. The highest BCUT2D eigenvalue weighted by atomic mass is 32.1. The van der Waals surface area contributed by atoms with E-state index < -0.39 is 0 Å². The van der Waals surface area contributed by atoms with Crippen LogP contribution >= 0.6 is 11.3 Å². The molecule has 70 valence electrons. The van der Waals surface area contributed by atoms with Crippen molar-refractivity contribution in [2.75, 3.05) is 23.3 Å². The van der Waals surface area contributed by atoms with Crippen molar-refractivity contribution in [2.45, 2.75) is 25.3 Å². The van der Waals surface area contributed by atoms with Crippen LogP contribution < -0.4 is 10.2 Å².